The van der Waals surface area contributed by atoms with E-state index in [0.717, 1.165) is 32.2 Å². The van der Waals surface area contributed by atoms with Crippen LogP contribution in [-0.4, -0.2) is 44.3 Å². The molecule has 0 saturated heterocycles. The van der Waals surface area contributed by atoms with Crippen LogP contribution >= 0.6 is 0 Å². The maximum atomic E-state index is 5.38. The molecule has 1 saturated carbocycles. The van der Waals surface area contributed by atoms with Gasteiger partial charge in [0, 0.05) is 25.7 Å². The van der Waals surface area contributed by atoms with E-state index >= 15 is 0 Å². The molecule has 3 nitrogen and oxygen atoms in total. The first-order chi connectivity index (χ1) is 10.3. The van der Waals surface area contributed by atoms with E-state index < -0.39 is 0 Å². The Hall–Kier alpha value is -0.900. The largest absolute Gasteiger partial charge is 0.383 e. The second-order valence-electron chi connectivity index (χ2n) is 5.96. The van der Waals surface area contributed by atoms with Crippen LogP contribution in [0, 0.1) is 5.92 Å². The molecule has 0 aromatic heterocycles. The van der Waals surface area contributed by atoms with Crippen molar-refractivity contribution >= 4 is 0 Å². The highest BCUT2D eigenvalue weighted by atomic mass is 16.5. The van der Waals surface area contributed by atoms with Crippen LogP contribution in [0.3, 0.4) is 0 Å². The standard InChI is InChI=1S/C18H30N2O/c1-4-20(5-2)18(16-9-7-6-8-10-16)13-19-17(14-21-3)15-11-12-15/h6-10,15,17-19H,4-5,11-14H2,1-3H3. The molecule has 21 heavy (non-hydrogen) atoms. The van der Waals surface area contributed by atoms with Crippen LogP contribution in [0.4, 0.5) is 0 Å². The van der Waals surface area contributed by atoms with Crippen molar-refractivity contribution in [1.82, 2.24) is 10.2 Å². The maximum absolute atomic E-state index is 5.38. The lowest BCUT2D eigenvalue weighted by atomic mass is 10.0. The summed E-state index contributed by atoms with van der Waals surface area (Å²) in [6.45, 7) is 8.47. The average molecular weight is 290 g/mol. The molecule has 0 radical (unpaired) electrons. The molecule has 0 heterocycles. The Morgan fingerprint density at radius 1 is 1.19 bits per heavy atom. The van der Waals surface area contributed by atoms with E-state index in [1.807, 2.05) is 0 Å². The zero-order valence-electron chi connectivity index (χ0n) is 13.7. The van der Waals surface area contributed by atoms with Crippen molar-refractivity contribution in [2.75, 3.05) is 33.4 Å². The number of methoxy groups -OCH3 is 1. The van der Waals surface area contributed by atoms with Crippen molar-refractivity contribution in [3.8, 4) is 0 Å². The van der Waals surface area contributed by atoms with Crippen LogP contribution in [0.1, 0.15) is 38.3 Å². The summed E-state index contributed by atoms with van der Waals surface area (Å²) in [6, 6.07) is 11.8. The third-order valence-corrected chi connectivity index (χ3v) is 4.55. The van der Waals surface area contributed by atoms with Gasteiger partial charge in [0.05, 0.1) is 6.61 Å². The fourth-order valence-electron chi connectivity index (χ4n) is 3.10. The molecule has 2 atom stereocenters. The van der Waals surface area contributed by atoms with Crippen molar-refractivity contribution in [1.29, 1.82) is 0 Å². The average Bonchev–Trinajstić information content (AvgIpc) is 3.36. The predicted octanol–water partition coefficient (Wildman–Crippen LogP) is 3.08. The molecule has 1 aromatic rings. The van der Waals surface area contributed by atoms with Gasteiger partial charge in [-0.25, -0.2) is 0 Å². The Labute approximate surface area is 129 Å². The van der Waals surface area contributed by atoms with Gasteiger partial charge in [0.25, 0.3) is 0 Å². The number of likely N-dealkylation sites (N-methyl/N-ethyl adjacent to an activating group) is 1. The van der Waals surface area contributed by atoms with Gasteiger partial charge in [-0.15, -0.1) is 0 Å². The van der Waals surface area contributed by atoms with Crippen LogP contribution in [0.15, 0.2) is 30.3 Å². The van der Waals surface area contributed by atoms with E-state index in [2.05, 4.69) is 54.4 Å². The van der Waals surface area contributed by atoms with Gasteiger partial charge in [-0.3, -0.25) is 4.90 Å². The quantitative estimate of drug-likeness (QED) is 0.716. The molecule has 0 amide bonds. The molecule has 0 spiro atoms. The number of rotatable bonds is 10. The third-order valence-electron chi connectivity index (χ3n) is 4.55. The minimum absolute atomic E-state index is 0.444. The molecule has 1 aromatic carbocycles. The summed E-state index contributed by atoms with van der Waals surface area (Å²) in [6.07, 6.45) is 2.70. The van der Waals surface area contributed by atoms with E-state index in [4.69, 9.17) is 4.74 Å². The van der Waals surface area contributed by atoms with Gasteiger partial charge in [-0.05, 0) is 37.4 Å². The Morgan fingerprint density at radius 3 is 2.38 bits per heavy atom. The lowest BCUT2D eigenvalue weighted by Crippen LogP contribution is -2.42. The number of nitrogens with one attached hydrogen (secondary N) is 1. The van der Waals surface area contributed by atoms with Crippen LogP contribution < -0.4 is 5.32 Å². The van der Waals surface area contributed by atoms with Gasteiger partial charge in [-0.2, -0.15) is 0 Å². The first-order valence-electron chi connectivity index (χ1n) is 8.31. The number of nitrogens with zero attached hydrogens (tertiary/aromatic N) is 1. The smallest absolute Gasteiger partial charge is 0.0618 e. The monoisotopic (exact) mass is 290 g/mol. The summed E-state index contributed by atoms with van der Waals surface area (Å²) >= 11 is 0. The molecule has 2 unspecified atom stereocenters. The Balaban J connectivity index is 2.01. The number of benzene rings is 1. The zero-order valence-corrected chi connectivity index (χ0v) is 13.7. The SMILES string of the molecule is CCN(CC)C(CNC(COC)C1CC1)c1ccccc1. The maximum Gasteiger partial charge on any atom is 0.0618 e. The van der Waals surface area contributed by atoms with E-state index in [-0.39, 0.29) is 0 Å². The number of ether oxygens (including phenoxy) is 1. The van der Waals surface area contributed by atoms with Crippen LogP contribution in [-0.2, 0) is 4.74 Å². The fraction of sp³-hybridized carbons (Fsp3) is 0.667. The highest BCUT2D eigenvalue weighted by Crippen LogP contribution is 2.33. The highest BCUT2D eigenvalue weighted by molar-refractivity contribution is 5.19. The fourth-order valence-corrected chi connectivity index (χ4v) is 3.10. The summed E-state index contributed by atoms with van der Waals surface area (Å²) in [5.74, 6) is 0.818. The second-order valence-corrected chi connectivity index (χ2v) is 5.96. The Morgan fingerprint density at radius 2 is 1.86 bits per heavy atom. The minimum Gasteiger partial charge on any atom is -0.383 e. The lowest BCUT2D eigenvalue weighted by molar-refractivity contribution is 0.145. The highest BCUT2D eigenvalue weighted by Gasteiger charge is 2.31. The van der Waals surface area contributed by atoms with Crippen molar-refractivity contribution < 1.29 is 4.74 Å². The van der Waals surface area contributed by atoms with E-state index in [1.165, 1.54) is 18.4 Å². The molecule has 1 fully saturated rings. The molecule has 1 aliphatic carbocycles. The molecule has 1 aliphatic rings. The third kappa shape index (κ3) is 4.80. The molecular formula is C18H30N2O. The van der Waals surface area contributed by atoms with Crippen LogP contribution in [0.25, 0.3) is 0 Å². The van der Waals surface area contributed by atoms with E-state index in [9.17, 15) is 0 Å². The Kier molecular flexibility index (Phi) is 6.68. The van der Waals surface area contributed by atoms with Crippen molar-refractivity contribution in [3.05, 3.63) is 35.9 Å². The van der Waals surface area contributed by atoms with Gasteiger partial charge in [0.15, 0.2) is 0 Å². The number of hydrogen-bond acceptors (Lipinski definition) is 3. The topological polar surface area (TPSA) is 24.5 Å². The minimum atomic E-state index is 0.444. The second kappa shape index (κ2) is 8.52. The summed E-state index contributed by atoms with van der Waals surface area (Å²) in [4.78, 5) is 2.53. The molecule has 2 rings (SSSR count). The van der Waals surface area contributed by atoms with E-state index in [0.29, 0.717) is 12.1 Å². The molecular weight excluding hydrogens is 260 g/mol. The predicted molar refractivity (Wildman–Crippen MR) is 88.5 cm³/mol. The van der Waals surface area contributed by atoms with Gasteiger partial charge >= 0.3 is 0 Å². The molecule has 1 N–H and O–H groups in total. The first kappa shape index (κ1) is 16.5. The summed E-state index contributed by atoms with van der Waals surface area (Å²) in [5.41, 5.74) is 1.40. The van der Waals surface area contributed by atoms with Gasteiger partial charge in [-0.1, -0.05) is 44.2 Å². The summed E-state index contributed by atoms with van der Waals surface area (Å²) in [5, 5.41) is 3.76. The lowest BCUT2D eigenvalue weighted by Gasteiger charge is -2.32. The van der Waals surface area contributed by atoms with Gasteiger partial charge in [0.1, 0.15) is 0 Å². The van der Waals surface area contributed by atoms with Crippen LogP contribution in [0.5, 0.6) is 0 Å². The molecule has 3 heteroatoms. The summed E-state index contributed by atoms with van der Waals surface area (Å²) in [7, 11) is 1.80. The normalized spacial score (nSPS) is 17.9. The van der Waals surface area contributed by atoms with Crippen molar-refractivity contribution in [2.45, 2.75) is 38.8 Å². The van der Waals surface area contributed by atoms with Crippen molar-refractivity contribution in [2.24, 2.45) is 5.92 Å². The zero-order chi connectivity index (χ0) is 15.1. The molecule has 0 aliphatic heterocycles. The first-order valence-corrected chi connectivity index (χ1v) is 8.31. The molecule has 118 valence electrons. The van der Waals surface area contributed by atoms with Crippen molar-refractivity contribution in [3.63, 3.8) is 0 Å². The van der Waals surface area contributed by atoms with Gasteiger partial charge < -0.3 is 10.1 Å². The van der Waals surface area contributed by atoms with E-state index in [1.54, 1.807) is 7.11 Å². The number of hydrogen-bond donors (Lipinski definition) is 1. The Bertz CT molecular complexity index is 387. The van der Waals surface area contributed by atoms with Gasteiger partial charge in [0.2, 0.25) is 0 Å². The molecule has 0 bridgehead atoms. The summed E-state index contributed by atoms with van der Waals surface area (Å²) < 4.78 is 5.38. The van der Waals surface area contributed by atoms with Crippen LogP contribution in [0.2, 0.25) is 0 Å².